The average molecular weight is 313 g/mol. The molecule has 1 aromatic rings. The lowest BCUT2D eigenvalue weighted by Crippen LogP contribution is -2.36. The molecule has 1 aromatic carbocycles. The van der Waals surface area contributed by atoms with E-state index in [1.54, 1.807) is 0 Å². The molecule has 0 radical (unpaired) electrons. The monoisotopic (exact) mass is 313 g/mol. The Bertz CT molecular complexity index is 642. The number of carboxylic acids is 1. The van der Waals surface area contributed by atoms with Crippen LogP contribution in [-0.4, -0.2) is 17.0 Å². The number of carbonyl (C=O) groups is 2. The van der Waals surface area contributed by atoms with Crippen LogP contribution < -0.4 is 5.32 Å². The first kappa shape index (κ1) is 15.8. The Morgan fingerprint density at radius 2 is 1.65 bits per heavy atom. The van der Waals surface area contributed by atoms with E-state index in [4.69, 9.17) is 0 Å². The molecular formula is C19H23NO3. The molecule has 2 aliphatic carbocycles. The summed E-state index contributed by atoms with van der Waals surface area (Å²) in [6, 6.07) is 6.04. The van der Waals surface area contributed by atoms with E-state index < -0.39 is 17.8 Å². The van der Waals surface area contributed by atoms with Gasteiger partial charge in [-0.25, -0.2) is 0 Å². The number of amides is 1. The number of rotatable bonds is 5. The number of hydrogen-bond donors (Lipinski definition) is 2. The van der Waals surface area contributed by atoms with Crippen LogP contribution in [0, 0.1) is 23.7 Å². The van der Waals surface area contributed by atoms with Crippen molar-refractivity contribution in [3.05, 3.63) is 41.5 Å². The highest BCUT2D eigenvalue weighted by atomic mass is 16.4. The third-order valence-electron chi connectivity index (χ3n) is 5.29. The third kappa shape index (κ3) is 2.67. The van der Waals surface area contributed by atoms with Crippen molar-refractivity contribution in [3.63, 3.8) is 0 Å². The normalized spacial score (nSPS) is 28.1. The fraction of sp³-hybridized carbons (Fsp3) is 0.474. The van der Waals surface area contributed by atoms with Gasteiger partial charge in [0.1, 0.15) is 0 Å². The molecule has 2 aliphatic rings. The minimum Gasteiger partial charge on any atom is -0.481 e. The molecule has 2 bridgehead atoms. The predicted octanol–water partition coefficient (Wildman–Crippen LogP) is 3.27. The number of aryl methyl sites for hydroxylation is 2. The molecule has 0 heterocycles. The quantitative estimate of drug-likeness (QED) is 0.820. The Kier molecular flexibility index (Phi) is 4.24. The van der Waals surface area contributed by atoms with Crippen LogP contribution in [0.3, 0.4) is 0 Å². The van der Waals surface area contributed by atoms with E-state index in [1.807, 2.05) is 30.4 Å². The largest absolute Gasteiger partial charge is 0.481 e. The first-order valence-electron chi connectivity index (χ1n) is 8.39. The maximum atomic E-state index is 12.8. The summed E-state index contributed by atoms with van der Waals surface area (Å²) in [5, 5.41) is 12.6. The molecule has 0 saturated heterocycles. The summed E-state index contributed by atoms with van der Waals surface area (Å²) in [5.74, 6) is -2.01. The maximum Gasteiger partial charge on any atom is 0.307 e. The van der Waals surface area contributed by atoms with Crippen molar-refractivity contribution in [3.8, 4) is 0 Å². The predicted molar refractivity (Wildman–Crippen MR) is 89.2 cm³/mol. The second kappa shape index (κ2) is 6.19. The average Bonchev–Trinajstić information content (AvgIpc) is 3.15. The number of fused-ring (bicyclic) bond motifs is 2. The summed E-state index contributed by atoms with van der Waals surface area (Å²) in [4.78, 5) is 24.4. The second-order valence-corrected chi connectivity index (χ2v) is 6.49. The van der Waals surface area contributed by atoms with E-state index in [0.29, 0.717) is 0 Å². The van der Waals surface area contributed by atoms with Crippen molar-refractivity contribution >= 4 is 17.6 Å². The molecular weight excluding hydrogens is 290 g/mol. The lowest BCUT2D eigenvalue weighted by Gasteiger charge is -2.25. The number of aliphatic carboxylic acids is 1. The molecule has 0 aromatic heterocycles. The topological polar surface area (TPSA) is 66.4 Å². The Labute approximate surface area is 136 Å². The summed E-state index contributed by atoms with van der Waals surface area (Å²) in [6.07, 6.45) is 6.43. The van der Waals surface area contributed by atoms with Crippen LogP contribution in [0.5, 0.6) is 0 Å². The fourth-order valence-electron chi connectivity index (χ4n) is 4.13. The molecule has 4 atom stereocenters. The van der Waals surface area contributed by atoms with Gasteiger partial charge in [0.15, 0.2) is 0 Å². The molecule has 0 aliphatic heterocycles. The zero-order valence-electron chi connectivity index (χ0n) is 13.6. The smallest absolute Gasteiger partial charge is 0.307 e. The van der Waals surface area contributed by atoms with Gasteiger partial charge in [-0.05, 0) is 42.2 Å². The molecule has 1 fully saturated rings. The number of hydrogen-bond acceptors (Lipinski definition) is 2. The first-order chi connectivity index (χ1) is 11.1. The van der Waals surface area contributed by atoms with Gasteiger partial charge in [-0.3, -0.25) is 9.59 Å². The van der Waals surface area contributed by atoms with Crippen LogP contribution >= 0.6 is 0 Å². The molecule has 3 rings (SSSR count). The van der Waals surface area contributed by atoms with Crippen LogP contribution in [0.2, 0.25) is 0 Å². The highest BCUT2D eigenvalue weighted by Crippen LogP contribution is 2.48. The molecule has 1 saturated carbocycles. The first-order valence-corrected chi connectivity index (χ1v) is 8.39. The Morgan fingerprint density at radius 3 is 2.17 bits per heavy atom. The number of carbonyl (C=O) groups excluding carboxylic acids is 1. The molecule has 4 heteroatoms. The zero-order valence-corrected chi connectivity index (χ0v) is 13.6. The van der Waals surface area contributed by atoms with Gasteiger partial charge >= 0.3 is 5.97 Å². The van der Waals surface area contributed by atoms with Crippen molar-refractivity contribution in [1.29, 1.82) is 0 Å². The summed E-state index contributed by atoms with van der Waals surface area (Å²) in [7, 11) is 0. The van der Waals surface area contributed by atoms with Gasteiger partial charge in [0.25, 0.3) is 0 Å². The molecule has 0 unspecified atom stereocenters. The van der Waals surface area contributed by atoms with Crippen LogP contribution in [-0.2, 0) is 22.4 Å². The lowest BCUT2D eigenvalue weighted by atomic mass is 9.82. The van der Waals surface area contributed by atoms with E-state index >= 15 is 0 Å². The van der Waals surface area contributed by atoms with Gasteiger partial charge in [-0.1, -0.05) is 44.2 Å². The van der Waals surface area contributed by atoms with Gasteiger partial charge in [0.05, 0.1) is 11.8 Å². The van der Waals surface area contributed by atoms with E-state index in [0.717, 1.165) is 36.1 Å². The molecule has 2 N–H and O–H groups in total. The Balaban J connectivity index is 1.88. The van der Waals surface area contributed by atoms with Crippen LogP contribution in [0.25, 0.3) is 0 Å². The molecule has 1 amide bonds. The van der Waals surface area contributed by atoms with Crippen molar-refractivity contribution in [1.82, 2.24) is 0 Å². The van der Waals surface area contributed by atoms with E-state index in [-0.39, 0.29) is 17.7 Å². The minimum atomic E-state index is -0.860. The van der Waals surface area contributed by atoms with E-state index in [2.05, 4.69) is 19.2 Å². The number of anilines is 1. The standard InChI is InChI=1S/C19H23NO3/c1-3-11-6-5-7-12(4-2)17(11)20-18(21)15-13-8-9-14(10-13)16(15)19(22)23/h5-9,13-16H,3-4,10H2,1-2H3,(H,20,21)(H,22,23)/t13-,14-,15+,16-/m0/s1. The second-order valence-electron chi connectivity index (χ2n) is 6.49. The van der Waals surface area contributed by atoms with Crippen molar-refractivity contribution in [2.45, 2.75) is 33.1 Å². The van der Waals surface area contributed by atoms with E-state index in [1.165, 1.54) is 0 Å². The summed E-state index contributed by atoms with van der Waals surface area (Å²) in [5.41, 5.74) is 3.07. The van der Waals surface area contributed by atoms with Crippen molar-refractivity contribution in [2.75, 3.05) is 5.32 Å². The number of benzene rings is 1. The van der Waals surface area contributed by atoms with Crippen LogP contribution in [0.15, 0.2) is 30.4 Å². The molecule has 122 valence electrons. The lowest BCUT2D eigenvalue weighted by molar-refractivity contribution is -0.146. The van der Waals surface area contributed by atoms with Crippen molar-refractivity contribution < 1.29 is 14.7 Å². The van der Waals surface area contributed by atoms with Gasteiger partial charge in [-0.2, -0.15) is 0 Å². The Hall–Kier alpha value is -2.10. The van der Waals surface area contributed by atoms with Gasteiger partial charge in [-0.15, -0.1) is 0 Å². The number of carboxylic acid groups (broad SMARTS) is 1. The zero-order chi connectivity index (χ0) is 16.6. The van der Waals surface area contributed by atoms with E-state index in [9.17, 15) is 14.7 Å². The third-order valence-corrected chi connectivity index (χ3v) is 5.29. The highest BCUT2D eigenvalue weighted by Gasteiger charge is 2.51. The maximum absolute atomic E-state index is 12.8. The van der Waals surface area contributed by atoms with Crippen LogP contribution in [0.1, 0.15) is 31.4 Å². The van der Waals surface area contributed by atoms with Gasteiger partial charge in [0, 0.05) is 5.69 Å². The fourth-order valence-corrected chi connectivity index (χ4v) is 4.13. The molecule has 0 spiro atoms. The summed E-state index contributed by atoms with van der Waals surface area (Å²) >= 11 is 0. The summed E-state index contributed by atoms with van der Waals surface area (Å²) < 4.78 is 0. The summed E-state index contributed by atoms with van der Waals surface area (Å²) in [6.45, 7) is 4.12. The number of para-hydroxylation sites is 1. The molecule has 4 nitrogen and oxygen atoms in total. The molecule has 23 heavy (non-hydrogen) atoms. The van der Waals surface area contributed by atoms with Gasteiger partial charge in [0.2, 0.25) is 5.91 Å². The van der Waals surface area contributed by atoms with Crippen LogP contribution in [0.4, 0.5) is 5.69 Å². The minimum absolute atomic E-state index is 0.000291. The highest BCUT2D eigenvalue weighted by molar-refractivity contribution is 5.97. The number of nitrogens with one attached hydrogen (secondary N) is 1. The van der Waals surface area contributed by atoms with Crippen molar-refractivity contribution in [2.24, 2.45) is 23.7 Å². The van der Waals surface area contributed by atoms with Gasteiger partial charge < -0.3 is 10.4 Å². The Morgan fingerprint density at radius 1 is 1.09 bits per heavy atom. The SMILES string of the molecule is CCc1cccc(CC)c1NC(=O)[C@H]1[C@@H](C(=O)O)[C@H]2C=C[C@H]1C2. The number of allylic oxidation sites excluding steroid dienone is 2.